The molecular weight excluding hydrogens is 413 g/mol. The van der Waals surface area contributed by atoms with Gasteiger partial charge in [0.1, 0.15) is 5.75 Å². The second-order valence-corrected chi connectivity index (χ2v) is 8.07. The number of benzene rings is 1. The lowest BCUT2D eigenvalue weighted by molar-refractivity contribution is 0.405. The Kier molecular flexibility index (Phi) is 5.31. The van der Waals surface area contributed by atoms with Gasteiger partial charge in [0.15, 0.2) is 0 Å². The third-order valence-electron chi connectivity index (χ3n) is 2.79. The Morgan fingerprint density at radius 2 is 2.00 bits per heavy atom. The summed E-state index contributed by atoms with van der Waals surface area (Å²) in [5, 5.41) is 4.00. The lowest BCUT2D eigenvalue weighted by Gasteiger charge is -2.19. The van der Waals surface area contributed by atoms with E-state index in [1.54, 1.807) is 18.4 Å². The summed E-state index contributed by atoms with van der Waals surface area (Å²) in [6.45, 7) is 0. The van der Waals surface area contributed by atoms with Gasteiger partial charge in [-0.3, -0.25) is 0 Å². The maximum absolute atomic E-state index is 6.11. The van der Waals surface area contributed by atoms with Crippen LogP contribution < -0.4 is 10.1 Å². The predicted molar refractivity (Wildman–Crippen MR) is 88.6 cm³/mol. The molecule has 6 heteroatoms. The lowest BCUT2D eigenvalue weighted by Crippen LogP contribution is -2.18. The molecule has 1 unspecified atom stereocenters. The van der Waals surface area contributed by atoms with Gasteiger partial charge in [0.2, 0.25) is 0 Å². The van der Waals surface area contributed by atoms with E-state index in [0.29, 0.717) is 5.02 Å². The predicted octanol–water partition coefficient (Wildman–Crippen LogP) is 5.24. The maximum Gasteiger partial charge on any atom is 0.124 e. The lowest BCUT2D eigenvalue weighted by atomic mass is 10.0. The molecule has 2 rings (SSSR count). The van der Waals surface area contributed by atoms with E-state index in [2.05, 4.69) is 43.2 Å². The van der Waals surface area contributed by atoms with Gasteiger partial charge in [-0.2, -0.15) is 0 Å². The van der Waals surface area contributed by atoms with Crippen LogP contribution in [0.2, 0.25) is 5.02 Å². The average molecular weight is 426 g/mol. The molecule has 0 aliphatic carbocycles. The van der Waals surface area contributed by atoms with Crippen molar-refractivity contribution in [2.24, 2.45) is 0 Å². The molecule has 1 N–H and O–H groups in total. The van der Waals surface area contributed by atoms with Crippen molar-refractivity contribution < 1.29 is 4.74 Å². The fourth-order valence-corrected chi connectivity index (χ4v) is 5.04. The van der Waals surface area contributed by atoms with Crippen molar-refractivity contribution in [2.45, 2.75) is 6.04 Å². The molecule has 1 atom stereocenters. The SMILES string of the molecule is CNC(c1cc(Cl)ccc1OC)c1cc(Br)sc1Br. The van der Waals surface area contributed by atoms with Crippen LogP contribution in [0.4, 0.5) is 0 Å². The fraction of sp³-hybridized carbons (Fsp3) is 0.231. The molecule has 0 fully saturated rings. The topological polar surface area (TPSA) is 21.3 Å². The monoisotopic (exact) mass is 423 g/mol. The Morgan fingerprint density at radius 1 is 1.26 bits per heavy atom. The number of thiophene rings is 1. The summed E-state index contributed by atoms with van der Waals surface area (Å²) in [6, 6.07) is 7.76. The smallest absolute Gasteiger partial charge is 0.124 e. The minimum atomic E-state index is 0.0191. The van der Waals surface area contributed by atoms with Crippen LogP contribution in [0.15, 0.2) is 31.8 Å². The van der Waals surface area contributed by atoms with Crippen LogP contribution in [0.25, 0.3) is 0 Å². The molecule has 1 aromatic heterocycles. The van der Waals surface area contributed by atoms with Crippen molar-refractivity contribution in [1.29, 1.82) is 0 Å². The van der Waals surface area contributed by atoms with Gasteiger partial charge in [-0.1, -0.05) is 11.6 Å². The zero-order valence-electron chi connectivity index (χ0n) is 10.3. The molecule has 0 spiro atoms. The average Bonchev–Trinajstić information content (AvgIpc) is 2.70. The van der Waals surface area contributed by atoms with Crippen molar-refractivity contribution in [1.82, 2.24) is 5.32 Å². The normalized spacial score (nSPS) is 12.5. The summed E-state index contributed by atoms with van der Waals surface area (Å²) in [7, 11) is 3.58. The first-order valence-electron chi connectivity index (χ1n) is 5.52. The molecule has 102 valence electrons. The van der Waals surface area contributed by atoms with Gasteiger partial charge in [0.05, 0.1) is 20.7 Å². The molecule has 1 aromatic carbocycles. The van der Waals surface area contributed by atoms with Crippen LogP contribution in [0.5, 0.6) is 5.75 Å². The number of methoxy groups -OCH3 is 1. The highest BCUT2D eigenvalue weighted by molar-refractivity contribution is 9.12. The van der Waals surface area contributed by atoms with Gasteiger partial charge in [-0.05, 0) is 68.7 Å². The molecule has 0 aliphatic heterocycles. The summed E-state index contributed by atoms with van der Waals surface area (Å²) in [5.41, 5.74) is 2.17. The van der Waals surface area contributed by atoms with Crippen molar-refractivity contribution in [3.8, 4) is 5.75 Å². The minimum absolute atomic E-state index is 0.0191. The summed E-state index contributed by atoms with van der Waals surface area (Å²) in [5.74, 6) is 0.818. The van der Waals surface area contributed by atoms with Gasteiger partial charge in [-0.15, -0.1) is 11.3 Å². The highest BCUT2D eigenvalue weighted by atomic mass is 79.9. The van der Waals surface area contributed by atoms with Crippen molar-refractivity contribution in [3.63, 3.8) is 0 Å². The van der Waals surface area contributed by atoms with E-state index in [4.69, 9.17) is 16.3 Å². The Balaban J connectivity index is 2.53. The molecule has 19 heavy (non-hydrogen) atoms. The summed E-state index contributed by atoms with van der Waals surface area (Å²) in [6.07, 6.45) is 0. The first-order valence-corrected chi connectivity index (χ1v) is 8.30. The Morgan fingerprint density at radius 3 is 2.53 bits per heavy atom. The Bertz CT molecular complexity index is 588. The molecule has 0 aliphatic rings. The van der Waals surface area contributed by atoms with Crippen LogP contribution >= 0.6 is 54.8 Å². The van der Waals surface area contributed by atoms with E-state index >= 15 is 0 Å². The largest absolute Gasteiger partial charge is 0.496 e. The van der Waals surface area contributed by atoms with E-state index in [-0.39, 0.29) is 6.04 Å². The molecular formula is C13H12Br2ClNOS. The van der Waals surface area contributed by atoms with Crippen molar-refractivity contribution >= 4 is 54.8 Å². The molecule has 0 saturated heterocycles. The summed E-state index contributed by atoms with van der Waals surface area (Å²) in [4.78, 5) is 0. The number of halogens is 3. The van der Waals surface area contributed by atoms with Gasteiger partial charge >= 0.3 is 0 Å². The first kappa shape index (κ1) is 15.3. The summed E-state index contributed by atoms with van der Waals surface area (Å²) >= 11 is 14.9. The number of rotatable bonds is 4. The second kappa shape index (κ2) is 6.59. The maximum atomic E-state index is 6.11. The molecule has 0 saturated carbocycles. The molecule has 1 heterocycles. The van der Waals surface area contributed by atoms with E-state index in [0.717, 1.165) is 24.4 Å². The molecule has 2 nitrogen and oxygen atoms in total. The number of hydrogen-bond acceptors (Lipinski definition) is 3. The van der Waals surface area contributed by atoms with Gasteiger partial charge in [0.25, 0.3) is 0 Å². The third kappa shape index (κ3) is 3.34. The molecule has 0 amide bonds. The molecule has 2 aromatic rings. The van der Waals surface area contributed by atoms with E-state index in [1.807, 2.05) is 25.2 Å². The van der Waals surface area contributed by atoms with Crippen LogP contribution in [-0.2, 0) is 0 Å². The minimum Gasteiger partial charge on any atom is -0.496 e. The van der Waals surface area contributed by atoms with Gasteiger partial charge in [-0.25, -0.2) is 0 Å². The molecule has 0 radical (unpaired) electrons. The second-order valence-electron chi connectivity index (χ2n) is 3.89. The van der Waals surface area contributed by atoms with Crippen LogP contribution in [0.1, 0.15) is 17.2 Å². The Labute approximate surface area is 138 Å². The zero-order chi connectivity index (χ0) is 14.0. The number of hydrogen-bond donors (Lipinski definition) is 1. The zero-order valence-corrected chi connectivity index (χ0v) is 15.1. The third-order valence-corrected chi connectivity index (χ3v) is 5.41. The summed E-state index contributed by atoms with van der Waals surface area (Å²) < 4.78 is 7.59. The van der Waals surface area contributed by atoms with Gasteiger partial charge in [0, 0.05) is 10.6 Å². The van der Waals surface area contributed by atoms with Gasteiger partial charge < -0.3 is 10.1 Å². The van der Waals surface area contributed by atoms with E-state index < -0.39 is 0 Å². The van der Waals surface area contributed by atoms with Crippen molar-refractivity contribution in [2.75, 3.05) is 14.2 Å². The van der Waals surface area contributed by atoms with Crippen LogP contribution in [0, 0.1) is 0 Å². The van der Waals surface area contributed by atoms with Crippen LogP contribution in [0.3, 0.4) is 0 Å². The quantitative estimate of drug-likeness (QED) is 0.723. The standard InChI is InChI=1S/C13H12Br2ClNOS/c1-17-12(9-6-11(14)19-13(9)15)8-5-7(16)3-4-10(8)18-2/h3-6,12,17H,1-2H3. The highest BCUT2D eigenvalue weighted by Gasteiger charge is 2.21. The first-order chi connectivity index (χ1) is 9.06. The van der Waals surface area contributed by atoms with Crippen molar-refractivity contribution in [3.05, 3.63) is 48.0 Å². The Hall–Kier alpha value is -0.0700. The fourth-order valence-electron chi connectivity index (χ4n) is 1.96. The molecule has 0 bridgehead atoms. The highest BCUT2D eigenvalue weighted by Crippen LogP contribution is 2.40. The van der Waals surface area contributed by atoms with E-state index in [1.165, 1.54) is 0 Å². The number of ether oxygens (including phenoxy) is 1. The van der Waals surface area contributed by atoms with Crippen LogP contribution in [-0.4, -0.2) is 14.2 Å². The number of nitrogens with one attached hydrogen (secondary N) is 1. The van der Waals surface area contributed by atoms with E-state index in [9.17, 15) is 0 Å².